The Hall–Kier alpha value is -2.64. The molecule has 0 aliphatic carbocycles. The fraction of sp³-hybridized carbons (Fsp3) is 0.214. The molecule has 1 heterocycles. The minimum absolute atomic E-state index is 0.142. The minimum Gasteiger partial charge on any atom is -0.321 e. The van der Waals surface area contributed by atoms with Gasteiger partial charge < -0.3 is 10.3 Å². The topological polar surface area (TPSA) is 74.8 Å². The van der Waals surface area contributed by atoms with Crippen molar-refractivity contribution in [3.8, 4) is 0 Å². The third-order valence-electron chi connectivity index (χ3n) is 2.93. The molecular formula is C14H12F3N3O2. The molecule has 1 amide bonds. The second-order valence-corrected chi connectivity index (χ2v) is 4.61. The normalized spacial score (nSPS) is 11.3. The number of H-pyrrole nitrogens is 1. The molecule has 1 aromatic carbocycles. The van der Waals surface area contributed by atoms with Crippen molar-refractivity contribution in [3.05, 3.63) is 57.3 Å². The number of para-hydroxylation sites is 1. The molecule has 1 aromatic heterocycles. The number of benzene rings is 1. The highest BCUT2D eigenvalue weighted by atomic mass is 19.4. The Balaban J connectivity index is 2.41. The molecule has 0 saturated carbocycles. The monoisotopic (exact) mass is 311 g/mol. The van der Waals surface area contributed by atoms with Crippen molar-refractivity contribution in [3.63, 3.8) is 0 Å². The Bertz CT molecular complexity index is 782. The molecule has 2 rings (SSSR count). The lowest BCUT2D eigenvalue weighted by Crippen LogP contribution is -2.27. The van der Waals surface area contributed by atoms with Crippen LogP contribution in [0, 0.1) is 13.8 Å². The van der Waals surface area contributed by atoms with E-state index in [0.717, 1.165) is 12.1 Å². The number of nitrogens with zero attached hydrogens (tertiary/aromatic N) is 1. The summed E-state index contributed by atoms with van der Waals surface area (Å²) < 4.78 is 38.6. The van der Waals surface area contributed by atoms with Gasteiger partial charge in [-0.15, -0.1) is 0 Å². The van der Waals surface area contributed by atoms with Crippen LogP contribution in [-0.2, 0) is 6.18 Å². The van der Waals surface area contributed by atoms with E-state index in [9.17, 15) is 22.8 Å². The van der Waals surface area contributed by atoms with E-state index in [1.165, 1.54) is 26.0 Å². The number of anilines is 1. The molecule has 5 nitrogen and oxygen atoms in total. The first-order valence-corrected chi connectivity index (χ1v) is 6.25. The van der Waals surface area contributed by atoms with Gasteiger partial charge in [0.1, 0.15) is 11.4 Å². The highest BCUT2D eigenvalue weighted by Gasteiger charge is 2.33. The first-order chi connectivity index (χ1) is 10.2. The molecule has 0 radical (unpaired) electrons. The van der Waals surface area contributed by atoms with E-state index in [2.05, 4.69) is 15.3 Å². The molecule has 0 aliphatic rings. The first-order valence-electron chi connectivity index (χ1n) is 6.25. The lowest BCUT2D eigenvalue weighted by molar-refractivity contribution is -0.136. The van der Waals surface area contributed by atoms with E-state index in [4.69, 9.17) is 0 Å². The van der Waals surface area contributed by atoms with Gasteiger partial charge >= 0.3 is 6.18 Å². The Morgan fingerprint density at radius 3 is 2.45 bits per heavy atom. The lowest BCUT2D eigenvalue weighted by atomic mass is 10.1. The number of aryl methyl sites for hydroxylation is 2. The molecule has 0 atom stereocenters. The number of amides is 1. The average molecular weight is 311 g/mol. The number of hydrogen-bond acceptors (Lipinski definition) is 3. The number of rotatable bonds is 2. The Morgan fingerprint density at radius 1 is 1.23 bits per heavy atom. The van der Waals surface area contributed by atoms with Gasteiger partial charge in [-0.2, -0.15) is 13.2 Å². The summed E-state index contributed by atoms with van der Waals surface area (Å²) in [4.78, 5) is 30.2. The van der Waals surface area contributed by atoms with Gasteiger partial charge in [-0.25, -0.2) is 4.98 Å². The Labute approximate surface area is 123 Å². The maximum absolute atomic E-state index is 12.9. The predicted octanol–water partition coefficient (Wildman–Crippen LogP) is 2.66. The molecule has 2 N–H and O–H groups in total. The molecule has 0 fully saturated rings. The molecule has 116 valence electrons. The number of halogens is 3. The molecule has 8 heteroatoms. The van der Waals surface area contributed by atoms with E-state index in [1.807, 2.05) is 0 Å². The lowest BCUT2D eigenvalue weighted by Gasteiger charge is -2.13. The van der Waals surface area contributed by atoms with Gasteiger partial charge in [0.2, 0.25) is 0 Å². The first kappa shape index (κ1) is 15.7. The number of aromatic nitrogens is 2. The third-order valence-corrected chi connectivity index (χ3v) is 2.93. The van der Waals surface area contributed by atoms with Gasteiger partial charge in [-0.05, 0) is 26.0 Å². The van der Waals surface area contributed by atoms with Crippen LogP contribution in [-0.4, -0.2) is 15.9 Å². The Kier molecular flexibility index (Phi) is 4.03. The second-order valence-electron chi connectivity index (χ2n) is 4.61. The maximum atomic E-state index is 12.9. The second kappa shape index (κ2) is 5.63. The van der Waals surface area contributed by atoms with Gasteiger partial charge in [0.25, 0.3) is 11.5 Å². The zero-order chi connectivity index (χ0) is 16.5. The SMILES string of the molecule is Cc1nc(C)c(C(=O)Nc2ccccc2C(F)(F)F)c(=O)[nH]1. The van der Waals surface area contributed by atoms with Crippen LogP contribution < -0.4 is 10.9 Å². The largest absolute Gasteiger partial charge is 0.418 e. The van der Waals surface area contributed by atoms with E-state index < -0.39 is 28.9 Å². The van der Waals surface area contributed by atoms with Gasteiger partial charge in [0.15, 0.2) is 0 Å². The van der Waals surface area contributed by atoms with Crippen molar-refractivity contribution in [2.24, 2.45) is 0 Å². The molecule has 0 unspecified atom stereocenters. The third kappa shape index (κ3) is 3.16. The Morgan fingerprint density at radius 2 is 1.86 bits per heavy atom. The summed E-state index contributed by atoms with van der Waals surface area (Å²) in [5.41, 5.74) is -2.28. The molecular weight excluding hydrogens is 299 g/mol. The van der Waals surface area contributed by atoms with Crippen molar-refractivity contribution in [1.29, 1.82) is 0 Å². The summed E-state index contributed by atoms with van der Waals surface area (Å²) in [5, 5.41) is 2.12. The zero-order valence-corrected chi connectivity index (χ0v) is 11.7. The van der Waals surface area contributed by atoms with Crippen LogP contribution in [0.1, 0.15) is 27.4 Å². The van der Waals surface area contributed by atoms with Crippen molar-refractivity contribution < 1.29 is 18.0 Å². The van der Waals surface area contributed by atoms with Crippen molar-refractivity contribution in [1.82, 2.24) is 9.97 Å². The molecule has 0 aliphatic heterocycles. The molecule has 0 spiro atoms. The quantitative estimate of drug-likeness (QED) is 0.895. The molecule has 22 heavy (non-hydrogen) atoms. The highest BCUT2D eigenvalue weighted by molar-refractivity contribution is 6.05. The van der Waals surface area contributed by atoms with Crippen molar-refractivity contribution >= 4 is 11.6 Å². The maximum Gasteiger partial charge on any atom is 0.418 e. The minimum atomic E-state index is -4.61. The molecule has 0 saturated heterocycles. The summed E-state index contributed by atoms with van der Waals surface area (Å²) in [6.07, 6.45) is -4.61. The predicted molar refractivity (Wildman–Crippen MR) is 73.7 cm³/mol. The van der Waals surface area contributed by atoms with Crippen molar-refractivity contribution in [2.45, 2.75) is 20.0 Å². The van der Waals surface area contributed by atoms with Crippen LogP contribution in [0.5, 0.6) is 0 Å². The fourth-order valence-corrected chi connectivity index (χ4v) is 2.02. The summed E-state index contributed by atoms with van der Waals surface area (Å²) in [6, 6.07) is 4.53. The highest BCUT2D eigenvalue weighted by Crippen LogP contribution is 2.34. The van der Waals surface area contributed by atoms with E-state index >= 15 is 0 Å². The zero-order valence-electron chi connectivity index (χ0n) is 11.7. The summed E-state index contributed by atoms with van der Waals surface area (Å²) >= 11 is 0. The van der Waals surface area contributed by atoms with Crippen LogP contribution in [0.25, 0.3) is 0 Å². The summed E-state index contributed by atoms with van der Waals surface area (Å²) in [5.74, 6) is -0.627. The summed E-state index contributed by atoms with van der Waals surface area (Å²) in [7, 11) is 0. The standard InChI is InChI=1S/C14H12F3N3O2/c1-7-11(12(21)19-8(2)18-7)13(22)20-10-6-4-3-5-9(10)14(15,16)17/h3-6H,1-2H3,(H,20,22)(H,18,19,21). The fourth-order valence-electron chi connectivity index (χ4n) is 2.02. The van der Waals surface area contributed by atoms with E-state index in [0.29, 0.717) is 5.82 Å². The number of carbonyl (C=O) groups excluding carboxylic acids is 1. The van der Waals surface area contributed by atoms with Crippen molar-refractivity contribution in [2.75, 3.05) is 5.32 Å². The van der Waals surface area contributed by atoms with Gasteiger partial charge in [0.05, 0.1) is 16.9 Å². The van der Waals surface area contributed by atoms with Gasteiger partial charge in [-0.1, -0.05) is 12.1 Å². The summed E-state index contributed by atoms with van der Waals surface area (Å²) in [6.45, 7) is 2.97. The van der Waals surface area contributed by atoms with Gasteiger partial charge in [-0.3, -0.25) is 9.59 Å². The number of hydrogen-bond donors (Lipinski definition) is 2. The van der Waals surface area contributed by atoms with E-state index in [1.54, 1.807) is 0 Å². The number of alkyl halides is 3. The van der Waals surface area contributed by atoms with Crippen LogP contribution in [0.15, 0.2) is 29.1 Å². The van der Waals surface area contributed by atoms with Crippen LogP contribution >= 0.6 is 0 Å². The van der Waals surface area contributed by atoms with Crippen LogP contribution in [0.2, 0.25) is 0 Å². The smallest absolute Gasteiger partial charge is 0.321 e. The van der Waals surface area contributed by atoms with Crippen LogP contribution in [0.4, 0.5) is 18.9 Å². The van der Waals surface area contributed by atoms with Gasteiger partial charge in [0, 0.05) is 0 Å². The molecule has 0 bridgehead atoms. The number of carbonyl (C=O) groups is 1. The molecule has 2 aromatic rings. The number of aromatic amines is 1. The van der Waals surface area contributed by atoms with E-state index in [-0.39, 0.29) is 11.3 Å². The number of nitrogens with one attached hydrogen (secondary N) is 2. The average Bonchev–Trinajstić information content (AvgIpc) is 2.36. The van der Waals surface area contributed by atoms with Crippen LogP contribution in [0.3, 0.4) is 0 Å².